The number of ether oxygens (including phenoxy) is 1. The molecule has 28 heavy (non-hydrogen) atoms. The average molecular weight is 377 g/mol. The van der Waals surface area contributed by atoms with Crippen LogP contribution >= 0.6 is 0 Å². The lowest BCUT2D eigenvalue weighted by atomic mass is 10.1. The molecule has 2 heterocycles. The smallest absolute Gasteiger partial charge is 0.226 e. The van der Waals surface area contributed by atoms with Crippen molar-refractivity contribution in [3.8, 4) is 23.0 Å². The standard InChI is InChI=1S/C23H27N3O2/c1-17-22(16-26-13-11-19(24-2)12-14-26)25-23(27-17)18-7-6-10-21(15-18)28-20-8-4-3-5-9-20/h3-10,15,19,24H,11-14,16H2,1-2H3. The number of benzene rings is 2. The number of oxazole rings is 1. The zero-order valence-corrected chi connectivity index (χ0v) is 16.5. The van der Waals surface area contributed by atoms with Crippen LogP contribution in [0.3, 0.4) is 0 Å². The van der Waals surface area contributed by atoms with E-state index in [9.17, 15) is 0 Å². The first-order valence-corrected chi connectivity index (χ1v) is 9.90. The van der Waals surface area contributed by atoms with Crippen molar-refractivity contribution < 1.29 is 9.15 Å². The van der Waals surface area contributed by atoms with Crippen LogP contribution in [0.15, 0.2) is 59.0 Å². The van der Waals surface area contributed by atoms with Crippen LogP contribution < -0.4 is 10.1 Å². The second kappa shape index (κ2) is 8.59. The third kappa shape index (κ3) is 4.43. The van der Waals surface area contributed by atoms with E-state index < -0.39 is 0 Å². The first-order chi connectivity index (χ1) is 13.7. The lowest BCUT2D eigenvalue weighted by molar-refractivity contribution is 0.192. The number of hydrogen-bond acceptors (Lipinski definition) is 5. The molecule has 1 N–H and O–H groups in total. The number of hydrogen-bond donors (Lipinski definition) is 1. The largest absolute Gasteiger partial charge is 0.457 e. The van der Waals surface area contributed by atoms with Gasteiger partial charge in [-0.1, -0.05) is 24.3 Å². The van der Waals surface area contributed by atoms with Crippen LogP contribution in [0.2, 0.25) is 0 Å². The van der Waals surface area contributed by atoms with Gasteiger partial charge in [0.25, 0.3) is 0 Å². The molecule has 1 aromatic heterocycles. The summed E-state index contributed by atoms with van der Waals surface area (Å²) >= 11 is 0. The van der Waals surface area contributed by atoms with Crippen LogP contribution in [0.25, 0.3) is 11.5 Å². The Labute approximate surface area is 166 Å². The molecule has 3 aromatic rings. The van der Waals surface area contributed by atoms with Gasteiger partial charge in [-0.2, -0.15) is 0 Å². The molecule has 0 bridgehead atoms. The van der Waals surface area contributed by atoms with E-state index in [2.05, 4.69) is 10.2 Å². The highest BCUT2D eigenvalue weighted by molar-refractivity contribution is 5.57. The van der Waals surface area contributed by atoms with Gasteiger partial charge in [0, 0.05) is 31.2 Å². The maximum Gasteiger partial charge on any atom is 0.226 e. The first-order valence-electron chi connectivity index (χ1n) is 9.90. The minimum Gasteiger partial charge on any atom is -0.457 e. The second-order valence-corrected chi connectivity index (χ2v) is 7.30. The number of rotatable bonds is 6. The minimum absolute atomic E-state index is 0.637. The molecule has 0 amide bonds. The molecule has 1 aliphatic rings. The lowest BCUT2D eigenvalue weighted by Crippen LogP contribution is -2.40. The Balaban J connectivity index is 1.46. The van der Waals surface area contributed by atoms with Crippen molar-refractivity contribution in [3.05, 3.63) is 66.1 Å². The van der Waals surface area contributed by atoms with E-state index in [1.54, 1.807) is 0 Å². The molecule has 1 saturated heterocycles. The quantitative estimate of drug-likeness (QED) is 0.679. The van der Waals surface area contributed by atoms with Gasteiger partial charge in [-0.15, -0.1) is 0 Å². The molecule has 1 aliphatic heterocycles. The van der Waals surface area contributed by atoms with E-state index >= 15 is 0 Å². The van der Waals surface area contributed by atoms with Gasteiger partial charge < -0.3 is 14.5 Å². The molecule has 0 spiro atoms. The van der Waals surface area contributed by atoms with Crippen LogP contribution in [-0.4, -0.2) is 36.1 Å². The summed E-state index contributed by atoms with van der Waals surface area (Å²) in [7, 11) is 2.05. The number of nitrogens with one attached hydrogen (secondary N) is 1. The Morgan fingerprint density at radius 3 is 2.57 bits per heavy atom. The average Bonchev–Trinajstić information content (AvgIpc) is 3.10. The first kappa shape index (κ1) is 18.7. The minimum atomic E-state index is 0.637. The Bertz CT molecular complexity index is 899. The van der Waals surface area contributed by atoms with Gasteiger partial charge in [-0.3, -0.25) is 4.90 Å². The van der Waals surface area contributed by atoms with E-state index in [1.165, 1.54) is 12.8 Å². The van der Waals surface area contributed by atoms with Crippen molar-refractivity contribution in [2.24, 2.45) is 0 Å². The lowest BCUT2D eigenvalue weighted by Gasteiger charge is -2.31. The highest BCUT2D eigenvalue weighted by atomic mass is 16.5. The van der Waals surface area contributed by atoms with Gasteiger partial charge in [0.2, 0.25) is 5.89 Å². The molecule has 146 valence electrons. The monoisotopic (exact) mass is 377 g/mol. The fourth-order valence-corrected chi connectivity index (χ4v) is 3.61. The number of aryl methyl sites for hydroxylation is 1. The predicted octanol–water partition coefficient (Wildman–Crippen LogP) is 4.63. The molecule has 1 fully saturated rings. The molecule has 5 heteroatoms. The van der Waals surface area contributed by atoms with E-state index in [4.69, 9.17) is 14.1 Å². The second-order valence-electron chi connectivity index (χ2n) is 7.30. The highest BCUT2D eigenvalue weighted by Crippen LogP contribution is 2.28. The normalized spacial score (nSPS) is 15.6. The van der Waals surface area contributed by atoms with Crippen LogP contribution in [0.1, 0.15) is 24.3 Å². The highest BCUT2D eigenvalue weighted by Gasteiger charge is 2.20. The number of aromatic nitrogens is 1. The summed E-state index contributed by atoms with van der Waals surface area (Å²) in [6, 6.07) is 18.3. The van der Waals surface area contributed by atoms with E-state index in [0.717, 1.165) is 48.2 Å². The maximum absolute atomic E-state index is 5.98. The summed E-state index contributed by atoms with van der Waals surface area (Å²) in [6.45, 7) is 5.02. The third-order valence-corrected chi connectivity index (χ3v) is 5.32. The summed E-state index contributed by atoms with van der Waals surface area (Å²) in [5.74, 6) is 3.13. The zero-order chi connectivity index (χ0) is 19.3. The van der Waals surface area contributed by atoms with Gasteiger partial charge in [-0.25, -0.2) is 4.98 Å². The SMILES string of the molecule is CNC1CCN(Cc2nc(-c3cccc(Oc4ccccc4)c3)oc2C)CC1. The Hall–Kier alpha value is -2.63. The Morgan fingerprint density at radius 2 is 1.82 bits per heavy atom. The van der Waals surface area contributed by atoms with Gasteiger partial charge >= 0.3 is 0 Å². The summed E-state index contributed by atoms with van der Waals surface area (Å²) in [6.07, 6.45) is 2.36. The number of para-hydroxylation sites is 1. The van der Waals surface area contributed by atoms with E-state index in [1.807, 2.05) is 68.6 Å². The van der Waals surface area contributed by atoms with Crippen molar-refractivity contribution in [1.29, 1.82) is 0 Å². The zero-order valence-electron chi connectivity index (χ0n) is 16.5. The molecule has 0 unspecified atom stereocenters. The van der Waals surface area contributed by atoms with Crippen molar-refractivity contribution in [3.63, 3.8) is 0 Å². The summed E-state index contributed by atoms with van der Waals surface area (Å²) in [5, 5.41) is 3.38. The van der Waals surface area contributed by atoms with Gasteiger partial charge in [0.05, 0.1) is 5.69 Å². The number of nitrogens with zero attached hydrogens (tertiary/aromatic N) is 2. The van der Waals surface area contributed by atoms with Crippen molar-refractivity contribution in [1.82, 2.24) is 15.2 Å². The van der Waals surface area contributed by atoms with Crippen LogP contribution in [-0.2, 0) is 6.54 Å². The topological polar surface area (TPSA) is 50.5 Å². The van der Waals surface area contributed by atoms with Crippen LogP contribution in [0.5, 0.6) is 11.5 Å². The molecule has 0 aliphatic carbocycles. The molecule has 0 radical (unpaired) electrons. The van der Waals surface area contributed by atoms with Gasteiger partial charge in [0.15, 0.2) is 0 Å². The third-order valence-electron chi connectivity index (χ3n) is 5.32. The van der Waals surface area contributed by atoms with Gasteiger partial charge in [-0.05, 0) is 57.1 Å². The maximum atomic E-state index is 5.98. The fraction of sp³-hybridized carbons (Fsp3) is 0.348. The van der Waals surface area contributed by atoms with Crippen LogP contribution in [0.4, 0.5) is 0 Å². The molecule has 5 nitrogen and oxygen atoms in total. The molecular formula is C23H27N3O2. The van der Waals surface area contributed by atoms with Crippen molar-refractivity contribution in [2.75, 3.05) is 20.1 Å². The molecular weight excluding hydrogens is 350 g/mol. The predicted molar refractivity (Wildman–Crippen MR) is 111 cm³/mol. The number of likely N-dealkylation sites (tertiary alicyclic amines) is 1. The van der Waals surface area contributed by atoms with E-state index in [0.29, 0.717) is 11.9 Å². The molecule has 0 saturated carbocycles. The summed E-state index contributed by atoms with van der Waals surface area (Å²) in [5.41, 5.74) is 1.95. The van der Waals surface area contributed by atoms with Gasteiger partial charge in [0.1, 0.15) is 17.3 Å². The molecule has 0 atom stereocenters. The fourth-order valence-electron chi connectivity index (χ4n) is 3.61. The number of piperidine rings is 1. The van der Waals surface area contributed by atoms with E-state index in [-0.39, 0.29) is 0 Å². The summed E-state index contributed by atoms with van der Waals surface area (Å²) in [4.78, 5) is 7.24. The Kier molecular flexibility index (Phi) is 5.74. The van der Waals surface area contributed by atoms with Crippen molar-refractivity contribution in [2.45, 2.75) is 32.4 Å². The van der Waals surface area contributed by atoms with Crippen molar-refractivity contribution >= 4 is 0 Å². The Morgan fingerprint density at radius 1 is 1.07 bits per heavy atom. The molecule has 4 rings (SSSR count). The summed E-state index contributed by atoms with van der Waals surface area (Å²) < 4.78 is 11.9. The van der Waals surface area contributed by atoms with Crippen LogP contribution in [0, 0.1) is 6.92 Å². The molecule has 2 aromatic carbocycles.